The average molecular weight is 501 g/mol. The standard InChI is InChI=1S/C30H32N2O5/c1-21(34)29(27(35)20-33)32-30(37)25-15-10-23(11-16-25)8-4-5-9-24-12-17-26(18-13-24)31-28(36)19-14-22-6-2-3-7-22/h10-13,15-18,21-22,29,33-34H,2-3,6-7,14,19-20H2,1H3,(H,31,36)(H,32,37)/t21-,29+/m1/s1. The van der Waals surface area contributed by atoms with Gasteiger partial charge in [-0.15, -0.1) is 0 Å². The van der Waals surface area contributed by atoms with Crippen molar-refractivity contribution in [2.24, 2.45) is 5.92 Å². The van der Waals surface area contributed by atoms with E-state index in [1.165, 1.54) is 32.6 Å². The van der Waals surface area contributed by atoms with Crippen LogP contribution in [-0.2, 0) is 9.59 Å². The van der Waals surface area contributed by atoms with Crippen molar-refractivity contribution in [1.29, 1.82) is 0 Å². The van der Waals surface area contributed by atoms with Crippen molar-refractivity contribution in [2.75, 3.05) is 11.9 Å². The van der Waals surface area contributed by atoms with Gasteiger partial charge < -0.3 is 20.8 Å². The smallest absolute Gasteiger partial charge is 0.251 e. The molecule has 1 saturated carbocycles. The third-order valence-corrected chi connectivity index (χ3v) is 6.32. The predicted molar refractivity (Wildman–Crippen MR) is 141 cm³/mol. The first-order chi connectivity index (χ1) is 17.9. The lowest BCUT2D eigenvalue weighted by Crippen LogP contribution is -2.48. The normalized spacial score (nSPS) is 14.4. The van der Waals surface area contributed by atoms with Gasteiger partial charge in [-0.25, -0.2) is 0 Å². The number of aliphatic hydroxyl groups is 2. The van der Waals surface area contributed by atoms with Gasteiger partial charge in [0.1, 0.15) is 12.6 Å². The zero-order valence-electron chi connectivity index (χ0n) is 20.9. The second-order valence-electron chi connectivity index (χ2n) is 9.21. The van der Waals surface area contributed by atoms with Crippen LogP contribution in [0.2, 0.25) is 0 Å². The molecule has 0 saturated heterocycles. The fraction of sp³-hybridized carbons (Fsp3) is 0.367. The Labute approximate surface area is 217 Å². The highest BCUT2D eigenvalue weighted by molar-refractivity contribution is 5.98. The van der Waals surface area contributed by atoms with Gasteiger partial charge in [0.2, 0.25) is 5.91 Å². The van der Waals surface area contributed by atoms with E-state index in [0.29, 0.717) is 23.5 Å². The van der Waals surface area contributed by atoms with Gasteiger partial charge in [0, 0.05) is 28.8 Å². The molecule has 7 nitrogen and oxygen atoms in total. The summed E-state index contributed by atoms with van der Waals surface area (Å²) in [6, 6.07) is 12.5. The molecule has 0 spiro atoms. The van der Waals surface area contributed by atoms with Crippen molar-refractivity contribution < 1.29 is 24.6 Å². The molecule has 37 heavy (non-hydrogen) atoms. The monoisotopic (exact) mass is 500 g/mol. The molecule has 0 aromatic heterocycles. The number of rotatable bonds is 9. The Balaban J connectivity index is 1.50. The molecule has 1 fully saturated rings. The maximum atomic E-state index is 12.3. The van der Waals surface area contributed by atoms with Gasteiger partial charge >= 0.3 is 0 Å². The molecular weight excluding hydrogens is 468 g/mol. The van der Waals surface area contributed by atoms with Crippen LogP contribution in [-0.4, -0.2) is 46.6 Å². The molecule has 1 aliphatic carbocycles. The number of nitrogens with one attached hydrogen (secondary N) is 2. The molecule has 2 aromatic carbocycles. The highest BCUT2D eigenvalue weighted by Gasteiger charge is 2.25. The summed E-state index contributed by atoms with van der Waals surface area (Å²) in [6.07, 6.45) is 5.44. The second-order valence-corrected chi connectivity index (χ2v) is 9.21. The quantitative estimate of drug-likeness (QED) is 0.395. The van der Waals surface area contributed by atoms with Crippen LogP contribution in [0.5, 0.6) is 0 Å². The van der Waals surface area contributed by atoms with Gasteiger partial charge in [-0.05, 0) is 79.6 Å². The lowest BCUT2D eigenvalue weighted by molar-refractivity contribution is -0.126. The summed E-state index contributed by atoms with van der Waals surface area (Å²) in [5, 5.41) is 24.0. The number of benzene rings is 2. The van der Waals surface area contributed by atoms with E-state index < -0.39 is 30.4 Å². The first kappa shape index (κ1) is 27.7. The predicted octanol–water partition coefficient (Wildman–Crippen LogP) is 3.04. The molecule has 0 radical (unpaired) electrons. The first-order valence-corrected chi connectivity index (χ1v) is 12.5. The zero-order chi connectivity index (χ0) is 26.6. The number of carbonyl (C=O) groups excluding carboxylic acids is 3. The van der Waals surface area contributed by atoms with Gasteiger partial charge in [-0.1, -0.05) is 37.5 Å². The van der Waals surface area contributed by atoms with E-state index in [-0.39, 0.29) is 5.91 Å². The molecule has 7 heteroatoms. The SMILES string of the molecule is C[C@@H](O)[C@H](NC(=O)c1ccc(C#CC#Cc2ccc(NC(=O)CCC3CCCC3)cc2)cc1)C(=O)CO. The van der Waals surface area contributed by atoms with Gasteiger partial charge in [-0.2, -0.15) is 0 Å². The minimum Gasteiger partial charge on any atom is -0.391 e. The number of hydrogen-bond donors (Lipinski definition) is 4. The second kappa shape index (κ2) is 14.0. The van der Waals surface area contributed by atoms with Gasteiger partial charge in [0.25, 0.3) is 5.91 Å². The minimum absolute atomic E-state index is 0.0431. The number of carbonyl (C=O) groups is 3. The van der Waals surface area contributed by atoms with Gasteiger partial charge in [0.05, 0.1) is 6.10 Å². The first-order valence-electron chi connectivity index (χ1n) is 12.5. The summed E-state index contributed by atoms with van der Waals surface area (Å²) in [7, 11) is 0. The Bertz CT molecular complexity index is 1210. The summed E-state index contributed by atoms with van der Waals surface area (Å²) in [5.41, 5.74) is 2.46. The summed E-state index contributed by atoms with van der Waals surface area (Å²) < 4.78 is 0. The van der Waals surface area contributed by atoms with Crippen LogP contribution in [0.3, 0.4) is 0 Å². The van der Waals surface area contributed by atoms with Gasteiger partial charge in [-0.3, -0.25) is 14.4 Å². The van der Waals surface area contributed by atoms with E-state index in [2.05, 4.69) is 34.3 Å². The van der Waals surface area contributed by atoms with Crippen LogP contribution in [0.15, 0.2) is 48.5 Å². The van der Waals surface area contributed by atoms with Crippen molar-refractivity contribution in [3.05, 3.63) is 65.2 Å². The van der Waals surface area contributed by atoms with Crippen LogP contribution in [0, 0.1) is 29.6 Å². The molecule has 2 aromatic rings. The van der Waals surface area contributed by atoms with E-state index >= 15 is 0 Å². The third-order valence-electron chi connectivity index (χ3n) is 6.32. The molecule has 0 aliphatic heterocycles. The fourth-order valence-corrected chi connectivity index (χ4v) is 4.20. The molecule has 2 atom stereocenters. The summed E-state index contributed by atoms with van der Waals surface area (Å²) in [5.74, 6) is 11.0. The van der Waals surface area contributed by atoms with Crippen LogP contribution in [0.4, 0.5) is 5.69 Å². The summed E-state index contributed by atoms with van der Waals surface area (Å²) >= 11 is 0. The molecule has 192 valence electrons. The molecular formula is C30H32N2O5. The number of aliphatic hydroxyl groups excluding tert-OH is 2. The van der Waals surface area contributed by atoms with Gasteiger partial charge in [0.15, 0.2) is 5.78 Å². The van der Waals surface area contributed by atoms with Crippen LogP contribution >= 0.6 is 0 Å². The lowest BCUT2D eigenvalue weighted by Gasteiger charge is -2.19. The third kappa shape index (κ3) is 8.91. The molecule has 3 rings (SSSR count). The molecule has 2 amide bonds. The van der Waals surface area contributed by atoms with Crippen LogP contribution < -0.4 is 10.6 Å². The Kier molecular flexibility index (Phi) is 10.5. The summed E-state index contributed by atoms with van der Waals surface area (Å²) in [6.45, 7) is 0.593. The maximum absolute atomic E-state index is 12.3. The van der Waals surface area contributed by atoms with Crippen molar-refractivity contribution in [3.8, 4) is 23.7 Å². The van der Waals surface area contributed by atoms with E-state index in [1.54, 1.807) is 24.3 Å². The van der Waals surface area contributed by atoms with Crippen molar-refractivity contribution in [1.82, 2.24) is 5.32 Å². The number of anilines is 1. The van der Waals surface area contributed by atoms with E-state index in [1.807, 2.05) is 24.3 Å². The largest absolute Gasteiger partial charge is 0.391 e. The number of hydrogen-bond acceptors (Lipinski definition) is 5. The number of Topliss-reactive ketones (excluding diaryl/α,β-unsaturated/α-hetero) is 1. The molecule has 0 bridgehead atoms. The maximum Gasteiger partial charge on any atom is 0.251 e. The Morgan fingerprint density at radius 3 is 2.05 bits per heavy atom. The Hall–Kier alpha value is -3.91. The van der Waals surface area contributed by atoms with Crippen LogP contribution in [0.25, 0.3) is 0 Å². The summed E-state index contributed by atoms with van der Waals surface area (Å²) in [4.78, 5) is 36.2. The molecule has 4 N–H and O–H groups in total. The Morgan fingerprint density at radius 1 is 0.946 bits per heavy atom. The Morgan fingerprint density at radius 2 is 1.51 bits per heavy atom. The number of amides is 2. The average Bonchev–Trinajstić information content (AvgIpc) is 3.43. The topological polar surface area (TPSA) is 116 Å². The van der Waals surface area contributed by atoms with E-state index in [0.717, 1.165) is 17.7 Å². The molecule has 1 aliphatic rings. The van der Waals surface area contributed by atoms with Crippen molar-refractivity contribution in [3.63, 3.8) is 0 Å². The van der Waals surface area contributed by atoms with E-state index in [4.69, 9.17) is 5.11 Å². The van der Waals surface area contributed by atoms with E-state index in [9.17, 15) is 19.5 Å². The molecule has 0 heterocycles. The number of ketones is 1. The molecule has 0 unspecified atom stereocenters. The zero-order valence-corrected chi connectivity index (χ0v) is 20.9. The minimum atomic E-state index is -1.18. The van der Waals surface area contributed by atoms with Crippen molar-refractivity contribution >= 4 is 23.3 Å². The lowest BCUT2D eigenvalue weighted by atomic mass is 10.0. The highest BCUT2D eigenvalue weighted by Crippen LogP contribution is 2.28. The van der Waals surface area contributed by atoms with Crippen LogP contribution in [0.1, 0.15) is 66.9 Å². The fourth-order valence-electron chi connectivity index (χ4n) is 4.20. The highest BCUT2D eigenvalue weighted by atomic mass is 16.3. The van der Waals surface area contributed by atoms with Crippen molar-refractivity contribution in [2.45, 2.75) is 57.6 Å².